The number of thiazole rings is 1. The minimum Gasteiger partial charge on any atom is -0.356 e. The molecule has 0 aliphatic heterocycles. The van der Waals surface area contributed by atoms with Crippen LogP contribution in [0.1, 0.15) is 42.1 Å². The van der Waals surface area contributed by atoms with Gasteiger partial charge in [-0.3, -0.25) is 4.79 Å². The second-order valence-corrected chi connectivity index (χ2v) is 7.78. The topological polar surface area (TPSA) is 42.0 Å². The Morgan fingerprint density at radius 3 is 2.96 bits per heavy atom. The number of benzene rings is 1. The first-order valence-electron chi connectivity index (χ1n) is 7.98. The molecule has 1 N–H and O–H groups in total. The predicted molar refractivity (Wildman–Crippen MR) is 99.2 cm³/mol. The Morgan fingerprint density at radius 2 is 2.17 bits per heavy atom. The highest BCUT2D eigenvalue weighted by Gasteiger charge is 2.08. The molecule has 124 valence electrons. The van der Waals surface area contributed by atoms with Crippen molar-refractivity contribution in [3.05, 3.63) is 46.0 Å². The van der Waals surface area contributed by atoms with E-state index in [1.54, 1.807) is 23.1 Å². The van der Waals surface area contributed by atoms with E-state index in [4.69, 9.17) is 0 Å². The van der Waals surface area contributed by atoms with Crippen LogP contribution in [0.3, 0.4) is 0 Å². The highest BCUT2D eigenvalue weighted by molar-refractivity contribution is 8.00. The van der Waals surface area contributed by atoms with Gasteiger partial charge in [-0.15, -0.1) is 11.3 Å². The van der Waals surface area contributed by atoms with Gasteiger partial charge in [0.05, 0.1) is 12.1 Å². The summed E-state index contributed by atoms with van der Waals surface area (Å²) in [5.74, 6) is 0.984. The lowest BCUT2D eigenvalue weighted by molar-refractivity contribution is -0.120. The maximum atomic E-state index is 11.8. The molecule has 5 heteroatoms. The van der Waals surface area contributed by atoms with E-state index < -0.39 is 0 Å². The molecule has 0 radical (unpaired) electrons. The predicted octanol–water partition coefficient (Wildman–Crippen LogP) is 4.51. The summed E-state index contributed by atoms with van der Waals surface area (Å²) >= 11 is 3.36. The molecule has 1 aromatic heterocycles. The highest BCUT2D eigenvalue weighted by Crippen LogP contribution is 2.27. The Hall–Kier alpha value is -1.33. The molecule has 1 heterocycles. The summed E-state index contributed by atoms with van der Waals surface area (Å²) in [6.07, 6.45) is 2.50. The molecule has 1 aromatic carbocycles. The van der Waals surface area contributed by atoms with Crippen molar-refractivity contribution < 1.29 is 4.79 Å². The Labute approximate surface area is 146 Å². The highest BCUT2D eigenvalue weighted by atomic mass is 32.2. The van der Waals surface area contributed by atoms with E-state index in [0.29, 0.717) is 6.42 Å². The fraction of sp³-hybridized carbons (Fsp3) is 0.444. The number of rotatable bonds is 8. The van der Waals surface area contributed by atoms with Gasteiger partial charge in [-0.1, -0.05) is 48.9 Å². The summed E-state index contributed by atoms with van der Waals surface area (Å²) in [6.45, 7) is 7.13. The first-order valence-corrected chi connectivity index (χ1v) is 9.85. The maximum Gasteiger partial charge on any atom is 0.226 e. The number of unbranched alkanes of at least 4 members (excludes halogenated alkanes) is 1. The quantitative estimate of drug-likeness (QED) is 0.564. The lowest BCUT2D eigenvalue weighted by Gasteiger charge is -2.05. The molecule has 3 nitrogen and oxygen atoms in total. The number of thioether (sulfide) groups is 1. The van der Waals surface area contributed by atoms with Gasteiger partial charge < -0.3 is 5.32 Å². The van der Waals surface area contributed by atoms with Crippen molar-refractivity contribution in [3.63, 3.8) is 0 Å². The van der Waals surface area contributed by atoms with Crippen LogP contribution < -0.4 is 5.32 Å². The van der Waals surface area contributed by atoms with Gasteiger partial charge in [-0.25, -0.2) is 4.98 Å². The van der Waals surface area contributed by atoms with Crippen LogP contribution in [-0.4, -0.2) is 17.4 Å². The van der Waals surface area contributed by atoms with E-state index in [9.17, 15) is 4.79 Å². The number of aromatic nitrogens is 1. The first kappa shape index (κ1) is 18.0. The van der Waals surface area contributed by atoms with Crippen molar-refractivity contribution in [1.82, 2.24) is 10.3 Å². The van der Waals surface area contributed by atoms with Gasteiger partial charge in [-0.2, -0.15) is 0 Å². The zero-order valence-electron chi connectivity index (χ0n) is 14.0. The zero-order chi connectivity index (χ0) is 16.7. The Morgan fingerprint density at radius 1 is 1.35 bits per heavy atom. The third-order valence-electron chi connectivity index (χ3n) is 3.58. The van der Waals surface area contributed by atoms with Crippen LogP contribution >= 0.6 is 23.1 Å². The van der Waals surface area contributed by atoms with Gasteiger partial charge in [0.1, 0.15) is 4.34 Å². The maximum absolute atomic E-state index is 11.8. The molecular formula is C18H24N2OS2. The Balaban J connectivity index is 1.85. The van der Waals surface area contributed by atoms with E-state index >= 15 is 0 Å². The van der Waals surface area contributed by atoms with Crippen LogP contribution in [0.25, 0.3) is 0 Å². The van der Waals surface area contributed by atoms with E-state index in [1.807, 2.05) is 5.38 Å². The Bertz CT molecular complexity index is 652. The SMILES string of the molecule is CCCCNC(=O)Cc1csc(SCc2cc(C)ccc2C)n1. The van der Waals surface area contributed by atoms with Crippen molar-refractivity contribution in [3.8, 4) is 0 Å². The summed E-state index contributed by atoms with van der Waals surface area (Å²) in [5.41, 5.74) is 4.82. The number of hydrogen-bond acceptors (Lipinski definition) is 4. The van der Waals surface area contributed by atoms with Gasteiger partial charge in [-0.05, 0) is 31.4 Å². The third-order valence-corrected chi connectivity index (χ3v) is 5.70. The lowest BCUT2D eigenvalue weighted by Crippen LogP contribution is -2.26. The normalized spacial score (nSPS) is 10.7. The first-order chi connectivity index (χ1) is 11.1. The van der Waals surface area contributed by atoms with Crippen LogP contribution in [0, 0.1) is 13.8 Å². The minimum atomic E-state index is 0.0647. The monoisotopic (exact) mass is 348 g/mol. The number of nitrogens with zero attached hydrogens (tertiary/aromatic N) is 1. The fourth-order valence-electron chi connectivity index (χ4n) is 2.16. The summed E-state index contributed by atoms with van der Waals surface area (Å²) in [6, 6.07) is 6.54. The molecule has 0 spiro atoms. The molecule has 0 saturated carbocycles. The molecule has 2 aromatic rings. The molecule has 0 aliphatic rings. The van der Waals surface area contributed by atoms with Crippen molar-refractivity contribution in [2.75, 3.05) is 6.54 Å². The lowest BCUT2D eigenvalue weighted by atomic mass is 10.1. The van der Waals surface area contributed by atoms with Crippen LogP contribution in [0.15, 0.2) is 27.9 Å². The average Bonchev–Trinajstić information content (AvgIpc) is 2.96. The molecule has 0 bridgehead atoms. The van der Waals surface area contributed by atoms with Crippen molar-refractivity contribution in [2.24, 2.45) is 0 Å². The van der Waals surface area contributed by atoms with Crippen LogP contribution in [0.4, 0.5) is 0 Å². The summed E-state index contributed by atoms with van der Waals surface area (Å²) in [7, 11) is 0. The zero-order valence-corrected chi connectivity index (χ0v) is 15.6. The van der Waals surface area contributed by atoms with Gasteiger partial charge in [0.25, 0.3) is 0 Å². The third kappa shape index (κ3) is 5.99. The average molecular weight is 349 g/mol. The van der Waals surface area contributed by atoms with Gasteiger partial charge in [0.2, 0.25) is 5.91 Å². The number of aryl methyl sites for hydroxylation is 2. The van der Waals surface area contributed by atoms with Crippen molar-refractivity contribution in [2.45, 2.75) is 50.1 Å². The summed E-state index contributed by atoms with van der Waals surface area (Å²) in [5, 5.41) is 4.92. The number of carbonyl (C=O) groups excluding carboxylic acids is 1. The number of nitrogens with one attached hydrogen (secondary N) is 1. The number of hydrogen-bond donors (Lipinski definition) is 1. The van der Waals surface area contributed by atoms with E-state index in [1.165, 1.54) is 16.7 Å². The molecular weight excluding hydrogens is 324 g/mol. The second kappa shape index (κ2) is 9.08. The van der Waals surface area contributed by atoms with E-state index in [0.717, 1.165) is 35.2 Å². The van der Waals surface area contributed by atoms with Crippen molar-refractivity contribution in [1.29, 1.82) is 0 Å². The van der Waals surface area contributed by atoms with Crippen LogP contribution in [0.2, 0.25) is 0 Å². The molecule has 0 aliphatic carbocycles. The van der Waals surface area contributed by atoms with Gasteiger partial charge in [0.15, 0.2) is 0 Å². The summed E-state index contributed by atoms with van der Waals surface area (Å²) in [4.78, 5) is 16.4. The second-order valence-electron chi connectivity index (χ2n) is 5.70. The standard InChI is InChI=1S/C18H24N2OS2/c1-4-5-8-19-17(21)10-16-12-23-18(20-16)22-11-15-9-13(2)6-7-14(15)3/h6-7,9,12H,4-5,8,10-11H2,1-3H3,(H,19,21). The largest absolute Gasteiger partial charge is 0.356 e. The fourth-order valence-corrected chi connectivity index (χ4v) is 4.07. The Kier molecular flexibility index (Phi) is 7.12. The van der Waals surface area contributed by atoms with Crippen molar-refractivity contribution >= 4 is 29.0 Å². The van der Waals surface area contributed by atoms with E-state index in [2.05, 4.69) is 49.3 Å². The molecule has 1 amide bonds. The molecule has 2 rings (SSSR count). The molecule has 0 unspecified atom stereocenters. The van der Waals surface area contributed by atoms with Crippen LogP contribution in [-0.2, 0) is 17.0 Å². The molecule has 0 fully saturated rings. The molecule has 0 atom stereocenters. The smallest absolute Gasteiger partial charge is 0.226 e. The van der Waals surface area contributed by atoms with Gasteiger partial charge >= 0.3 is 0 Å². The summed E-state index contributed by atoms with van der Waals surface area (Å²) < 4.78 is 1.03. The minimum absolute atomic E-state index is 0.0647. The number of amides is 1. The number of carbonyl (C=O) groups is 1. The van der Waals surface area contributed by atoms with E-state index in [-0.39, 0.29) is 5.91 Å². The van der Waals surface area contributed by atoms with Gasteiger partial charge in [0, 0.05) is 17.7 Å². The molecule has 0 saturated heterocycles. The van der Waals surface area contributed by atoms with Crippen LogP contribution in [0.5, 0.6) is 0 Å². The molecule has 23 heavy (non-hydrogen) atoms.